The van der Waals surface area contributed by atoms with E-state index in [2.05, 4.69) is 23.8 Å². The average Bonchev–Trinajstić information content (AvgIpc) is 2.45. The van der Waals surface area contributed by atoms with Crippen molar-refractivity contribution in [3.8, 4) is 0 Å². The predicted octanol–water partition coefficient (Wildman–Crippen LogP) is 2.61. The van der Waals surface area contributed by atoms with Crippen LogP contribution in [0.2, 0.25) is 0 Å². The number of rotatable bonds is 3. The zero-order chi connectivity index (χ0) is 10.1. The van der Waals surface area contributed by atoms with Gasteiger partial charge in [-0.15, -0.1) is 0 Å². The molecule has 3 nitrogen and oxygen atoms in total. The number of aromatic nitrogens is 2. The largest absolute Gasteiger partial charge is 0.339 e. The van der Waals surface area contributed by atoms with Crippen LogP contribution in [0.3, 0.4) is 0 Å². The van der Waals surface area contributed by atoms with Crippen molar-refractivity contribution >= 4 is 6.29 Å². The molecule has 0 saturated heterocycles. The van der Waals surface area contributed by atoms with Gasteiger partial charge in [0, 0.05) is 11.6 Å². The highest BCUT2D eigenvalue weighted by atomic mass is 16.1. The number of nitrogens with zero attached hydrogens (tertiary/aromatic N) is 1. The summed E-state index contributed by atoms with van der Waals surface area (Å²) >= 11 is 0. The fourth-order valence-electron chi connectivity index (χ4n) is 1.92. The number of carbonyl (C=O) groups is 1. The summed E-state index contributed by atoms with van der Waals surface area (Å²) in [6.07, 6.45) is 4.58. The summed E-state index contributed by atoms with van der Waals surface area (Å²) in [7, 11) is 0. The SMILES string of the molecule is CC(C)c1nc(C=O)[nH]c1C1CCC1. The van der Waals surface area contributed by atoms with Crippen molar-refractivity contribution in [2.24, 2.45) is 0 Å². The Labute approximate surface area is 83.9 Å². The van der Waals surface area contributed by atoms with Gasteiger partial charge in [0.2, 0.25) is 0 Å². The first-order valence-electron chi connectivity index (χ1n) is 5.27. The lowest BCUT2D eigenvalue weighted by Gasteiger charge is -2.25. The quantitative estimate of drug-likeness (QED) is 0.748. The lowest BCUT2D eigenvalue weighted by Crippen LogP contribution is -2.11. The van der Waals surface area contributed by atoms with Gasteiger partial charge in [-0.1, -0.05) is 20.3 Å². The number of aromatic amines is 1. The van der Waals surface area contributed by atoms with Gasteiger partial charge in [-0.2, -0.15) is 0 Å². The molecule has 1 aliphatic rings. The highest BCUT2D eigenvalue weighted by Gasteiger charge is 2.26. The fraction of sp³-hybridized carbons (Fsp3) is 0.636. The Morgan fingerprint density at radius 3 is 2.64 bits per heavy atom. The van der Waals surface area contributed by atoms with E-state index < -0.39 is 0 Å². The van der Waals surface area contributed by atoms with E-state index in [4.69, 9.17) is 0 Å². The van der Waals surface area contributed by atoms with Crippen LogP contribution < -0.4 is 0 Å². The van der Waals surface area contributed by atoms with Crippen molar-refractivity contribution in [1.82, 2.24) is 9.97 Å². The second-order valence-electron chi connectivity index (χ2n) is 4.32. The molecule has 0 radical (unpaired) electrons. The maximum Gasteiger partial charge on any atom is 0.185 e. The highest BCUT2D eigenvalue weighted by molar-refractivity contribution is 5.69. The molecule has 1 heterocycles. The molecule has 0 atom stereocenters. The summed E-state index contributed by atoms with van der Waals surface area (Å²) < 4.78 is 0. The number of carbonyl (C=O) groups excluding carboxylic acids is 1. The van der Waals surface area contributed by atoms with Crippen LogP contribution >= 0.6 is 0 Å². The number of hydrogen-bond acceptors (Lipinski definition) is 2. The van der Waals surface area contributed by atoms with Crippen molar-refractivity contribution < 1.29 is 4.79 Å². The summed E-state index contributed by atoms with van der Waals surface area (Å²) in [5.74, 6) is 1.50. The van der Waals surface area contributed by atoms with Gasteiger partial charge in [0.25, 0.3) is 0 Å². The molecular formula is C11H16N2O. The third kappa shape index (κ3) is 1.47. The van der Waals surface area contributed by atoms with Crippen LogP contribution in [0.1, 0.15) is 67.0 Å². The third-order valence-electron chi connectivity index (χ3n) is 2.95. The second-order valence-corrected chi connectivity index (χ2v) is 4.32. The minimum Gasteiger partial charge on any atom is -0.339 e. The first kappa shape index (κ1) is 9.44. The fourth-order valence-corrected chi connectivity index (χ4v) is 1.92. The third-order valence-corrected chi connectivity index (χ3v) is 2.95. The zero-order valence-corrected chi connectivity index (χ0v) is 8.71. The van der Waals surface area contributed by atoms with E-state index in [1.807, 2.05) is 0 Å². The van der Waals surface area contributed by atoms with E-state index in [1.165, 1.54) is 25.0 Å². The molecule has 0 unspecified atom stereocenters. The summed E-state index contributed by atoms with van der Waals surface area (Å²) in [6.45, 7) is 4.24. The smallest absolute Gasteiger partial charge is 0.185 e. The Hall–Kier alpha value is -1.12. The summed E-state index contributed by atoms with van der Waals surface area (Å²) in [4.78, 5) is 18.1. The number of nitrogens with one attached hydrogen (secondary N) is 1. The van der Waals surface area contributed by atoms with Gasteiger partial charge in [0.1, 0.15) is 0 Å². The molecule has 0 amide bonds. The number of imidazole rings is 1. The lowest BCUT2D eigenvalue weighted by molar-refractivity contribution is 0.111. The first-order valence-corrected chi connectivity index (χ1v) is 5.27. The van der Waals surface area contributed by atoms with Crippen molar-refractivity contribution in [1.29, 1.82) is 0 Å². The minimum atomic E-state index is 0.399. The topological polar surface area (TPSA) is 45.8 Å². The summed E-state index contributed by atoms with van der Waals surface area (Å²) in [6, 6.07) is 0. The van der Waals surface area contributed by atoms with Gasteiger partial charge >= 0.3 is 0 Å². The predicted molar refractivity (Wildman–Crippen MR) is 54.7 cm³/mol. The molecule has 1 N–H and O–H groups in total. The second kappa shape index (κ2) is 3.56. The standard InChI is InChI=1S/C11H16N2O/c1-7(2)10-11(8-4-3-5-8)13-9(6-14)12-10/h6-8H,3-5H2,1-2H3,(H,12,13). The normalized spacial score (nSPS) is 17.1. The Bertz CT molecular complexity index is 337. The molecule has 0 aromatic carbocycles. The molecule has 76 valence electrons. The van der Waals surface area contributed by atoms with Gasteiger partial charge in [-0.25, -0.2) is 4.98 Å². The summed E-state index contributed by atoms with van der Waals surface area (Å²) in [5, 5.41) is 0. The molecule has 1 fully saturated rings. The van der Waals surface area contributed by atoms with Gasteiger partial charge < -0.3 is 4.98 Å². The maximum atomic E-state index is 10.6. The van der Waals surface area contributed by atoms with E-state index in [1.54, 1.807) is 0 Å². The minimum absolute atomic E-state index is 0.399. The van der Waals surface area contributed by atoms with Crippen LogP contribution in [0.4, 0.5) is 0 Å². The van der Waals surface area contributed by atoms with E-state index in [0.29, 0.717) is 17.7 Å². The zero-order valence-electron chi connectivity index (χ0n) is 8.71. The molecule has 14 heavy (non-hydrogen) atoms. The van der Waals surface area contributed by atoms with Crippen LogP contribution in [-0.4, -0.2) is 16.3 Å². The lowest BCUT2D eigenvalue weighted by atomic mass is 9.81. The van der Waals surface area contributed by atoms with Gasteiger partial charge in [-0.3, -0.25) is 4.79 Å². The first-order chi connectivity index (χ1) is 6.72. The van der Waals surface area contributed by atoms with Crippen LogP contribution in [-0.2, 0) is 0 Å². The molecule has 0 spiro atoms. The van der Waals surface area contributed by atoms with E-state index in [0.717, 1.165) is 12.0 Å². The molecule has 0 bridgehead atoms. The van der Waals surface area contributed by atoms with E-state index >= 15 is 0 Å². The molecule has 1 saturated carbocycles. The van der Waals surface area contributed by atoms with E-state index in [9.17, 15) is 4.79 Å². The molecule has 3 heteroatoms. The van der Waals surface area contributed by atoms with Crippen LogP contribution in [0.25, 0.3) is 0 Å². The number of H-pyrrole nitrogens is 1. The molecule has 1 aromatic heterocycles. The molecular weight excluding hydrogens is 176 g/mol. The van der Waals surface area contributed by atoms with E-state index in [-0.39, 0.29) is 0 Å². The number of aldehydes is 1. The maximum absolute atomic E-state index is 10.6. The monoisotopic (exact) mass is 192 g/mol. The number of hydrogen-bond donors (Lipinski definition) is 1. The van der Waals surface area contributed by atoms with Gasteiger partial charge in [-0.05, 0) is 18.8 Å². The Morgan fingerprint density at radius 2 is 2.21 bits per heavy atom. The van der Waals surface area contributed by atoms with Gasteiger partial charge in [0.05, 0.1) is 5.69 Å². The van der Waals surface area contributed by atoms with Crippen molar-refractivity contribution in [3.05, 3.63) is 17.2 Å². The average molecular weight is 192 g/mol. The molecule has 1 aliphatic carbocycles. The molecule has 1 aromatic rings. The summed E-state index contributed by atoms with van der Waals surface area (Å²) in [5.41, 5.74) is 2.28. The van der Waals surface area contributed by atoms with Crippen molar-refractivity contribution in [2.45, 2.75) is 44.9 Å². The molecule has 0 aliphatic heterocycles. The molecule has 2 rings (SSSR count). The Balaban J connectivity index is 2.34. The van der Waals surface area contributed by atoms with Crippen molar-refractivity contribution in [2.75, 3.05) is 0 Å². The van der Waals surface area contributed by atoms with Crippen LogP contribution in [0.5, 0.6) is 0 Å². The van der Waals surface area contributed by atoms with Crippen molar-refractivity contribution in [3.63, 3.8) is 0 Å². The Kier molecular flexibility index (Phi) is 2.40. The van der Waals surface area contributed by atoms with Crippen LogP contribution in [0.15, 0.2) is 0 Å². The van der Waals surface area contributed by atoms with Crippen LogP contribution in [0, 0.1) is 0 Å². The highest BCUT2D eigenvalue weighted by Crippen LogP contribution is 2.38. The Morgan fingerprint density at radius 1 is 1.50 bits per heavy atom. The van der Waals surface area contributed by atoms with Gasteiger partial charge in [0.15, 0.2) is 12.1 Å².